The lowest BCUT2D eigenvalue weighted by atomic mass is 10.1. The first kappa shape index (κ1) is 14.8. The first-order valence-corrected chi connectivity index (χ1v) is 5.87. The lowest BCUT2D eigenvalue weighted by molar-refractivity contribution is -0.121. The number of amides is 2. The Balaban J connectivity index is 2.61. The van der Waals surface area contributed by atoms with Crippen LogP contribution in [-0.2, 0) is 4.79 Å². The summed E-state index contributed by atoms with van der Waals surface area (Å²) in [6, 6.07) is 4.47. The molecule has 1 aromatic carbocycles. The zero-order valence-corrected chi connectivity index (χ0v) is 11.3. The molecule has 1 rings (SSSR count). The van der Waals surface area contributed by atoms with Crippen LogP contribution in [-0.4, -0.2) is 29.0 Å². The molecular weight excluding hydrogens is 246 g/mol. The third-order valence-electron chi connectivity index (χ3n) is 2.24. The SMILES string of the molecule is CC(C)(C)NC(=O)CNC(=O)c1cccc(N)c1O. The molecular formula is C13H19N3O3. The Kier molecular flexibility index (Phi) is 4.37. The molecule has 0 saturated carbocycles. The van der Waals surface area contributed by atoms with Gasteiger partial charge in [-0.3, -0.25) is 9.59 Å². The fourth-order valence-electron chi connectivity index (χ4n) is 1.46. The summed E-state index contributed by atoms with van der Waals surface area (Å²) in [5.74, 6) is -1.13. The van der Waals surface area contributed by atoms with Crippen LogP contribution in [0.25, 0.3) is 0 Å². The third-order valence-corrected chi connectivity index (χ3v) is 2.24. The monoisotopic (exact) mass is 265 g/mol. The quantitative estimate of drug-likeness (QED) is 0.475. The van der Waals surface area contributed by atoms with Gasteiger partial charge >= 0.3 is 0 Å². The number of rotatable bonds is 3. The van der Waals surface area contributed by atoms with Gasteiger partial charge in [-0.1, -0.05) is 6.07 Å². The number of hydrogen-bond acceptors (Lipinski definition) is 4. The van der Waals surface area contributed by atoms with Crippen molar-refractivity contribution in [2.24, 2.45) is 0 Å². The maximum Gasteiger partial charge on any atom is 0.255 e. The summed E-state index contributed by atoms with van der Waals surface area (Å²) >= 11 is 0. The minimum absolute atomic E-state index is 0.0450. The zero-order valence-electron chi connectivity index (χ0n) is 11.3. The smallest absolute Gasteiger partial charge is 0.255 e. The van der Waals surface area contributed by atoms with Gasteiger partial charge in [-0.25, -0.2) is 0 Å². The van der Waals surface area contributed by atoms with Crippen LogP contribution >= 0.6 is 0 Å². The average Bonchev–Trinajstić information content (AvgIpc) is 2.27. The van der Waals surface area contributed by atoms with Crippen LogP contribution in [0.4, 0.5) is 5.69 Å². The maximum absolute atomic E-state index is 11.8. The number of phenolic OH excluding ortho intramolecular Hbond substituents is 1. The Hall–Kier alpha value is -2.24. The van der Waals surface area contributed by atoms with Crippen molar-refractivity contribution in [1.29, 1.82) is 0 Å². The molecule has 0 saturated heterocycles. The first-order chi connectivity index (χ1) is 8.70. The Morgan fingerprint density at radius 1 is 1.32 bits per heavy atom. The van der Waals surface area contributed by atoms with Gasteiger partial charge in [0.1, 0.15) is 0 Å². The van der Waals surface area contributed by atoms with Crippen molar-refractivity contribution in [1.82, 2.24) is 10.6 Å². The van der Waals surface area contributed by atoms with Crippen molar-refractivity contribution in [2.45, 2.75) is 26.3 Å². The molecule has 0 aliphatic rings. The first-order valence-electron chi connectivity index (χ1n) is 5.87. The molecule has 0 aromatic heterocycles. The van der Waals surface area contributed by atoms with Gasteiger partial charge in [0.25, 0.3) is 5.91 Å². The van der Waals surface area contributed by atoms with E-state index in [9.17, 15) is 14.7 Å². The molecule has 0 unspecified atom stereocenters. The number of carbonyl (C=O) groups is 2. The third kappa shape index (κ3) is 4.50. The van der Waals surface area contributed by atoms with Gasteiger partial charge in [0.05, 0.1) is 17.8 Å². The molecule has 0 radical (unpaired) electrons. The van der Waals surface area contributed by atoms with Crippen LogP contribution in [0.15, 0.2) is 18.2 Å². The molecule has 2 amide bonds. The number of hydrogen-bond donors (Lipinski definition) is 4. The van der Waals surface area contributed by atoms with Gasteiger partial charge in [0, 0.05) is 5.54 Å². The van der Waals surface area contributed by atoms with E-state index in [-0.39, 0.29) is 35.0 Å². The molecule has 0 spiro atoms. The van der Waals surface area contributed by atoms with Crippen molar-refractivity contribution in [3.05, 3.63) is 23.8 Å². The summed E-state index contributed by atoms with van der Waals surface area (Å²) in [6.07, 6.45) is 0. The largest absolute Gasteiger partial charge is 0.505 e. The number of carbonyl (C=O) groups excluding carboxylic acids is 2. The minimum atomic E-state index is -0.547. The van der Waals surface area contributed by atoms with Gasteiger partial charge in [-0.2, -0.15) is 0 Å². The molecule has 0 heterocycles. The van der Waals surface area contributed by atoms with E-state index in [1.807, 2.05) is 20.8 Å². The van der Waals surface area contributed by atoms with Crippen LogP contribution in [0.1, 0.15) is 31.1 Å². The van der Waals surface area contributed by atoms with Crippen molar-refractivity contribution < 1.29 is 14.7 Å². The van der Waals surface area contributed by atoms with Crippen molar-refractivity contribution in [3.8, 4) is 5.75 Å². The topological polar surface area (TPSA) is 104 Å². The molecule has 0 aliphatic carbocycles. The van der Waals surface area contributed by atoms with E-state index in [4.69, 9.17) is 5.73 Å². The Bertz CT molecular complexity index is 492. The number of nitrogens with two attached hydrogens (primary N) is 1. The number of aromatic hydroxyl groups is 1. The number of anilines is 1. The fourth-order valence-corrected chi connectivity index (χ4v) is 1.46. The van der Waals surface area contributed by atoms with E-state index in [1.165, 1.54) is 12.1 Å². The summed E-state index contributed by atoms with van der Waals surface area (Å²) < 4.78 is 0. The highest BCUT2D eigenvalue weighted by Gasteiger charge is 2.16. The van der Waals surface area contributed by atoms with E-state index >= 15 is 0 Å². The molecule has 6 heteroatoms. The molecule has 0 fully saturated rings. The fraction of sp³-hybridized carbons (Fsp3) is 0.385. The molecule has 104 valence electrons. The Labute approximate surface area is 112 Å². The molecule has 0 aliphatic heterocycles. The van der Waals surface area contributed by atoms with Crippen LogP contribution < -0.4 is 16.4 Å². The lowest BCUT2D eigenvalue weighted by Gasteiger charge is -2.20. The predicted octanol–water partition coefficient (Wildman–Crippen LogP) is 0.619. The number of benzene rings is 1. The van der Waals surface area contributed by atoms with E-state index in [1.54, 1.807) is 6.07 Å². The predicted molar refractivity (Wildman–Crippen MR) is 72.7 cm³/mol. The average molecular weight is 265 g/mol. The number of nitrogen functional groups attached to an aromatic ring is 1. The second-order valence-electron chi connectivity index (χ2n) is 5.22. The van der Waals surface area contributed by atoms with Crippen molar-refractivity contribution in [2.75, 3.05) is 12.3 Å². The van der Waals surface area contributed by atoms with Crippen molar-refractivity contribution in [3.63, 3.8) is 0 Å². The van der Waals surface area contributed by atoms with Crippen molar-refractivity contribution >= 4 is 17.5 Å². The van der Waals surface area contributed by atoms with Gasteiger partial charge in [0.15, 0.2) is 5.75 Å². The highest BCUT2D eigenvalue weighted by molar-refractivity contribution is 6.00. The van der Waals surface area contributed by atoms with Crippen LogP contribution in [0, 0.1) is 0 Å². The van der Waals surface area contributed by atoms with E-state index in [0.29, 0.717) is 0 Å². The minimum Gasteiger partial charge on any atom is -0.505 e. The van der Waals surface area contributed by atoms with E-state index in [0.717, 1.165) is 0 Å². The van der Waals surface area contributed by atoms with Crippen LogP contribution in [0.5, 0.6) is 5.75 Å². The normalized spacial score (nSPS) is 10.9. The van der Waals surface area contributed by atoms with E-state index < -0.39 is 5.91 Å². The standard InChI is InChI=1S/C13H19N3O3/c1-13(2,3)16-10(17)7-15-12(19)8-5-4-6-9(14)11(8)18/h4-6,18H,7,14H2,1-3H3,(H,15,19)(H,16,17). The highest BCUT2D eigenvalue weighted by Crippen LogP contribution is 2.23. The lowest BCUT2D eigenvalue weighted by Crippen LogP contribution is -2.45. The molecule has 6 nitrogen and oxygen atoms in total. The number of para-hydroxylation sites is 1. The molecule has 5 N–H and O–H groups in total. The maximum atomic E-state index is 11.8. The molecule has 0 bridgehead atoms. The van der Waals surface area contributed by atoms with Gasteiger partial charge in [-0.05, 0) is 32.9 Å². The zero-order chi connectivity index (χ0) is 14.6. The summed E-state index contributed by atoms with van der Waals surface area (Å²) in [6.45, 7) is 5.37. The molecule has 0 atom stereocenters. The molecule has 1 aromatic rings. The summed E-state index contributed by atoms with van der Waals surface area (Å²) in [4.78, 5) is 23.3. The number of phenols is 1. The summed E-state index contributed by atoms with van der Waals surface area (Å²) in [5.41, 5.74) is 5.29. The summed E-state index contributed by atoms with van der Waals surface area (Å²) in [7, 11) is 0. The summed E-state index contributed by atoms with van der Waals surface area (Å²) in [5, 5.41) is 14.8. The Morgan fingerprint density at radius 3 is 2.53 bits per heavy atom. The van der Waals surface area contributed by atoms with Crippen LogP contribution in [0.2, 0.25) is 0 Å². The number of nitrogens with one attached hydrogen (secondary N) is 2. The van der Waals surface area contributed by atoms with Gasteiger partial charge in [-0.15, -0.1) is 0 Å². The Morgan fingerprint density at radius 2 is 1.95 bits per heavy atom. The van der Waals surface area contributed by atoms with Gasteiger partial charge in [0.2, 0.25) is 5.91 Å². The highest BCUT2D eigenvalue weighted by atomic mass is 16.3. The second kappa shape index (κ2) is 5.60. The second-order valence-corrected chi connectivity index (χ2v) is 5.22. The van der Waals surface area contributed by atoms with Gasteiger partial charge < -0.3 is 21.5 Å². The van der Waals surface area contributed by atoms with Crippen LogP contribution in [0.3, 0.4) is 0 Å². The van der Waals surface area contributed by atoms with E-state index in [2.05, 4.69) is 10.6 Å². The molecule has 19 heavy (non-hydrogen) atoms.